The number of nitrogens with one attached hydrogen (secondary N) is 1. The Morgan fingerprint density at radius 2 is 1.95 bits per heavy atom. The number of anilines is 2. The van der Waals surface area contributed by atoms with Gasteiger partial charge >= 0.3 is 0 Å². The average molecular weight is 351 g/mol. The highest BCUT2D eigenvalue weighted by molar-refractivity contribution is 9.10. The molecular weight excluding hydrogens is 331 g/mol. The van der Waals surface area contributed by atoms with Crippen LogP contribution in [0, 0.1) is 5.82 Å². The molecule has 1 unspecified atom stereocenters. The van der Waals surface area contributed by atoms with Crippen LogP contribution in [0.15, 0.2) is 46.9 Å². The SMILES string of the molecule is CC(Cc1cccc(F)c1)Nc1cc(Br)ccc1N(C)C. The minimum Gasteiger partial charge on any atom is -0.381 e. The molecule has 4 heteroatoms. The summed E-state index contributed by atoms with van der Waals surface area (Å²) in [6, 6.07) is 13.1. The summed E-state index contributed by atoms with van der Waals surface area (Å²) in [7, 11) is 4.04. The molecule has 1 atom stereocenters. The molecule has 2 aromatic rings. The lowest BCUT2D eigenvalue weighted by atomic mass is 10.1. The Hall–Kier alpha value is -1.55. The number of hydrogen-bond donors (Lipinski definition) is 1. The molecule has 112 valence electrons. The summed E-state index contributed by atoms with van der Waals surface area (Å²) in [5, 5.41) is 3.51. The Bertz CT molecular complexity index is 613. The van der Waals surface area contributed by atoms with Crippen LogP contribution in [-0.4, -0.2) is 20.1 Å². The molecule has 0 radical (unpaired) electrons. The van der Waals surface area contributed by atoms with E-state index in [1.807, 2.05) is 26.2 Å². The molecule has 0 amide bonds. The van der Waals surface area contributed by atoms with E-state index < -0.39 is 0 Å². The second-order valence-corrected chi connectivity index (χ2v) is 6.35. The van der Waals surface area contributed by atoms with E-state index in [9.17, 15) is 4.39 Å². The Balaban J connectivity index is 2.12. The average Bonchev–Trinajstić information content (AvgIpc) is 2.38. The van der Waals surface area contributed by atoms with Gasteiger partial charge in [-0.05, 0) is 49.2 Å². The topological polar surface area (TPSA) is 15.3 Å². The third-order valence-electron chi connectivity index (χ3n) is 3.27. The second kappa shape index (κ2) is 6.94. The molecule has 0 spiro atoms. The van der Waals surface area contributed by atoms with E-state index in [-0.39, 0.29) is 11.9 Å². The molecule has 0 bridgehead atoms. The fourth-order valence-electron chi connectivity index (χ4n) is 2.35. The van der Waals surface area contributed by atoms with Crippen molar-refractivity contribution in [1.82, 2.24) is 0 Å². The molecule has 2 aromatic carbocycles. The quantitative estimate of drug-likeness (QED) is 0.840. The Morgan fingerprint density at radius 1 is 1.19 bits per heavy atom. The van der Waals surface area contributed by atoms with Crippen LogP contribution in [0.2, 0.25) is 0 Å². The Kier molecular flexibility index (Phi) is 5.23. The molecule has 0 saturated carbocycles. The summed E-state index contributed by atoms with van der Waals surface area (Å²) < 4.78 is 14.3. The van der Waals surface area contributed by atoms with Crippen molar-refractivity contribution in [1.29, 1.82) is 0 Å². The summed E-state index contributed by atoms with van der Waals surface area (Å²) in [5.74, 6) is -0.184. The molecule has 0 aliphatic rings. The van der Waals surface area contributed by atoms with Gasteiger partial charge in [0.2, 0.25) is 0 Å². The lowest BCUT2D eigenvalue weighted by Gasteiger charge is -2.22. The maximum Gasteiger partial charge on any atom is 0.123 e. The van der Waals surface area contributed by atoms with Gasteiger partial charge in [-0.25, -0.2) is 4.39 Å². The summed E-state index contributed by atoms with van der Waals surface area (Å²) in [6.45, 7) is 2.10. The van der Waals surface area contributed by atoms with Crippen molar-refractivity contribution >= 4 is 27.3 Å². The van der Waals surface area contributed by atoms with Gasteiger partial charge in [0.05, 0.1) is 11.4 Å². The zero-order valence-electron chi connectivity index (χ0n) is 12.5. The molecule has 2 nitrogen and oxygen atoms in total. The first-order valence-corrected chi connectivity index (χ1v) is 7.73. The van der Waals surface area contributed by atoms with E-state index in [1.54, 1.807) is 12.1 Å². The number of nitrogens with zero attached hydrogens (tertiary/aromatic N) is 1. The molecular formula is C17H20BrFN2. The normalized spacial score (nSPS) is 12.0. The third kappa shape index (κ3) is 4.46. The molecule has 0 aliphatic heterocycles. The van der Waals surface area contributed by atoms with Gasteiger partial charge in [0.1, 0.15) is 5.82 Å². The van der Waals surface area contributed by atoms with Gasteiger partial charge in [-0.3, -0.25) is 0 Å². The van der Waals surface area contributed by atoms with Gasteiger partial charge in [-0.2, -0.15) is 0 Å². The van der Waals surface area contributed by atoms with Gasteiger partial charge in [0.15, 0.2) is 0 Å². The number of halogens is 2. The highest BCUT2D eigenvalue weighted by Gasteiger charge is 2.09. The molecule has 2 rings (SSSR count). The maximum atomic E-state index is 13.2. The van der Waals surface area contributed by atoms with Crippen molar-refractivity contribution in [3.8, 4) is 0 Å². The zero-order valence-corrected chi connectivity index (χ0v) is 14.1. The van der Waals surface area contributed by atoms with Crippen LogP contribution < -0.4 is 10.2 Å². The van der Waals surface area contributed by atoms with Crippen molar-refractivity contribution in [2.45, 2.75) is 19.4 Å². The predicted octanol–water partition coefficient (Wildman–Crippen LogP) is 4.70. The summed E-state index contributed by atoms with van der Waals surface area (Å²) in [6.07, 6.45) is 0.775. The first-order chi connectivity index (χ1) is 9.95. The minimum absolute atomic E-state index is 0.184. The van der Waals surface area contributed by atoms with Gasteiger partial charge in [0, 0.05) is 24.6 Å². The minimum atomic E-state index is -0.184. The molecule has 0 saturated heterocycles. The second-order valence-electron chi connectivity index (χ2n) is 5.44. The van der Waals surface area contributed by atoms with Crippen molar-refractivity contribution in [2.24, 2.45) is 0 Å². The monoisotopic (exact) mass is 350 g/mol. The van der Waals surface area contributed by atoms with E-state index in [4.69, 9.17) is 0 Å². The van der Waals surface area contributed by atoms with Gasteiger partial charge in [0.25, 0.3) is 0 Å². The number of benzene rings is 2. The first-order valence-electron chi connectivity index (χ1n) is 6.93. The lowest BCUT2D eigenvalue weighted by molar-refractivity contribution is 0.624. The van der Waals surface area contributed by atoms with Crippen molar-refractivity contribution < 1.29 is 4.39 Å². The maximum absolute atomic E-state index is 13.2. The van der Waals surface area contributed by atoms with Crippen LogP contribution in [-0.2, 0) is 6.42 Å². The molecule has 0 aliphatic carbocycles. The fourth-order valence-corrected chi connectivity index (χ4v) is 2.71. The van der Waals surface area contributed by atoms with Gasteiger partial charge < -0.3 is 10.2 Å². The highest BCUT2D eigenvalue weighted by atomic mass is 79.9. The largest absolute Gasteiger partial charge is 0.381 e. The smallest absolute Gasteiger partial charge is 0.123 e. The molecule has 0 fully saturated rings. The summed E-state index contributed by atoms with van der Waals surface area (Å²) in [4.78, 5) is 2.07. The van der Waals surface area contributed by atoms with Crippen LogP contribution in [0.5, 0.6) is 0 Å². The van der Waals surface area contributed by atoms with E-state index in [0.717, 1.165) is 27.8 Å². The van der Waals surface area contributed by atoms with Crippen molar-refractivity contribution in [2.75, 3.05) is 24.3 Å². The van der Waals surface area contributed by atoms with Gasteiger partial charge in [-0.1, -0.05) is 28.1 Å². The van der Waals surface area contributed by atoms with E-state index in [2.05, 4.69) is 45.2 Å². The number of rotatable bonds is 5. The van der Waals surface area contributed by atoms with E-state index in [1.165, 1.54) is 6.07 Å². The first kappa shape index (κ1) is 15.8. The standard InChI is InChI=1S/C17H20BrFN2/c1-12(9-13-5-4-6-15(19)10-13)20-16-11-14(18)7-8-17(16)21(2)3/h4-8,10-12,20H,9H2,1-3H3. The highest BCUT2D eigenvalue weighted by Crippen LogP contribution is 2.29. The van der Waals surface area contributed by atoms with Crippen LogP contribution in [0.3, 0.4) is 0 Å². The van der Waals surface area contributed by atoms with Crippen LogP contribution in [0.25, 0.3) is 0 Å². The van der Waals surface area contributed by atoms with Crippen LogP contribution in [0.1, 0.15) is 12.5 Å². The molecule has 21 heavy (non-hydrogen) atoms. The molecule has 0 heterocycles. The fraction of sp³-hybridized carbons (Fsp3) is 0.294. The van der Waals surface area contributed by atoms with E-state index >= 15 is 0 Å². The van der Waals surface area contributed by atoms with Gasteiger partial charge in [-0.15, -0.1) is 0 Å². The number of hydrogen-bond acceptors (Lipinski definition) is 2. The van der Waals surface area contributed by atoms with Crippen molar-refractivity contribution in [3.63, 3.8) is 0 Å². The van der Waals surface area contributed by atoms with Crippen molar-refractivity contribution in [3.05, 3.63) is 58.3 Å². The van der Waals surface area contributed by atoms with Crippen LogP contribution >= 0.6 is 15.9 Å². The van der Waals surface area contributed by atoms with E-state index in [0.29, 0.717) is 0 Å². The zero-order chi connectivity index (χ0) is 15.4. The Labute approximate surface area is 134 Å². The summed E-state index contributed by atoms with van der Waals surface area (Å²) >= 11 is 3.50. The summed E-state index contributed by atoms with van der Waals surface area (Å²) in [5.41, 5.74) is 3.19. The lowest BCUT2D eigenvalue weighted by Crippen LogP contribution is -2.20. The molecule has 0 aromatic heterocycles. The predicted molar refractivity (Wildman–Crippen MR) is 91.7 cm³/mol. The van der Waals surface area contributed by atoms with Crippen LogP contribution in [0.4, 0.5) is 15.8 Å². The molecule has 1 N–H and O–H groups in total. The third-order valence-corrected chi connectivity index (χ3v) is 3.77. The Morgan fingerprint density at radius 3 is 2.62 bits per heavy atom.